The van der Waals surface area contributed by atoms with Gasteiger partial charge in [0, 0.05) is 12.4 Å². The Morgan fingerprint density at radius 2 is 2.09 bits per heavy atom. The minimum absolute atomic E-state index is 0.0883. The second-order valence-electron chi connectivity index (χ2n) is 5.67. The van der Waals surface area contributed by atoms with Gasteiger partial charge >= 0.3 is 0 Å². The van der Waals surface area contributed by atoms with E-state index in [-0.39, 0.29) is 17.9 Å². The van der Waals surface area contributed by atoms with Crippen LogP contribution in [0, 0.1) is 5.92 Å². The number of rotatable bonds is 5. The number of fused-ring (bicyclic) bond motifs is 1. The highest BCUT2D eigenvalue weighted by Crippen LogP contribution is 2.13. The lowest BCUT2D eigenvalue weighted by molar-refractivity contribution is 0.0914. The van der Waals surface area contributed by atoms with Crippen molar-refractivity contribution in [1.82, 2.24) is 30.3 Å². The maximum atomic E-state index is 12.3. The smallest absolute Gasteiger partial charge is 0.271 e. The number of benzene rings is 1. The highest BCUT2D eigenvalue weighted by Gasteiger charge is 2.20. The van der Waals surface area contributed by atoms with Crippen molar-refractivity contribution in [3.63, 3.8) is 0 Å². The Morgan fingerprint density at radius 3 is 2.83 bits per heavy atom. The summed E-state index contributed by atoms with van der Waals surface area (Å²) in [6.07, 6.45) is 4.50. The van der Waals surface area contributed by atoms with Crippen molar-refractivity contribution in [2.24, 2.45) is 5.92 Å². The highest BCUT2D eigenvalue weighted by molar-refractivity contribution is 5.92. The Balaban J connectivity index is 1.78. The van der Waals surface area contributed by atoms with Gasteiger partial charge in [0.15, 0.2) is 0 Å². The fourth-order valence-corrected chi connectivity index (χ4v) is 2.32. The van der Waals surface area contributed by atoms with Crippen molar-refractivity contribution in [3.05, 3.63) is 48.5 Å². The molecule has 0 saturated carbocycles. The molecule has 2 heterocycles. The van der Waals surface area contributed by atoms with Gasteiger partial charge < -0.3 is 5.32 Å². The first-order chi connectivity index (χ1) is 11.1. The van der Waals surface area contributed by atoms with Crippen molar-refractivity contribution in [3.8, 4) is 0 Å². The Labute approximate surface area is 133 Å². The molecule has 3 aromatic rings. The monoisotopic (exact) mass is 310 g/mol. The molecule has 1 atom stereocenters. The molecule has 0 aliphatic carbocycles. The Bertz CT molecular complexity index is 798. The molecule has 0 aliphatic rings. The second-order valence-corrected chi connectivity index (χ2v) is 5.67. The summed E-state index contributed by atoms with van der Waals surface area (Å²) in [4.78, 5) is 20.2. The zero-order valence-corrected chi connectivity index (χ0v) is 13.0. The molecule has 7 heteroatoms. The van der Waals surface area contributed by atoms with Crippen LogP contribution in [0.2, 0.25) is 0 Å². The van der Waals surface area contributed by atoms with E-state index in [9.17, 15) is 4.79 Å². The van der Waals surface area contributed by atoms with E-state index in [4.69, 9.17) is 0 Å². The molecule has 0 spiro atoms. The summed E-state index contributed by atoms with van der Waals surface area (Å²) in [7, 11) is 0. The van der Waals surface area contributed by atoms with E-state index >= 15 is 0 Å². The van der Waals surface area contributed by atoms with Crippen molar-refractivity contribution in [2.45, 2.75) is 26.4 Å². The predicted molar refractivity (Wildman–Crippen MR) is 85.7 cm³/mol. The fraction of sp³-hybridized carbons (Fsp3) is 0.312. The van der Waals surface area contributed by atoms with Crippen LogP contribution in [-0.2, 0) is 6.54 Å². The average Bonchev–Trinajstić information content (AvgIpc) is 2.98. The van der Waals surface area contributed by atoms with Crippen molar-refractivity contribution in [2.75, 3.05) is 0 Å². The molecule has 1 aromatic carbocycles. The summed E-state index contributed by atoms with van der Waals surface area (Å²) >= 11 is 0. The maximum absolute atomic E-state index is 12.3. The molecule has 118 valence electrons. The molecule has 0 radical (unpaired) electrons. The average molecular weight is 310 g/mol. The van der Waals surface area contributed by atoms with Gasteiger partial charge in [-0.25, -0.2) is 9.67 Å². The summed E-state index contributed by atoms with van der Waals surface area (Å²) in [6.45, 7) is 4.66. The minimum atomic E-state index is -0.235. The van der Waals surface area contributed by atoms with Gasteiger partial charge in [-0.15, -0.1) is 5.10 Å². The van der Waals surface area contributed by atoms with Gasteiger partial charge in [0.25, 0.3) is 5.91 Å². The number of aromatic nitrogens is 5. The van der Waals surface area contributed by atoms with Crippen LogP contribution in [0.1, 0.15) is 24.3 Å². The van der Waals surface area contributed by atoms with E-state index in [0.717, 1.165) is 11.0 Å². The van der Waals surface area contributed by atoms with Crippen LogP contribution in [0.4, 0.5) is 0 Å². The SMILES string of the molecule is CC(C)[C@H](Cn1nnc2ccccc21)NC(=O)c1cnccn1. The molecule has 0 aliphatic heterocycles. The number of nitrogens with zero attached hydrogens (tertiary/aromatic N) is 5. The summed E-state index contributed by atoms with van der Waals surface area (Å²) in [5, 5.41) is 11.3. The Morgan fingerprint density at radius 1 is 1.26 bits per heavy atom. The first-order valence-corrected chi connectivity index (χ1v) is 7.50. The first-order valence-electron chi connectivity index (χ1n) is 7.50. The molecular weight excluding hydrogens is 292 g/mol. The molecule has 1 amide bonds. The molecule has 0 saturated heterocycles. The molecule has 2 aromatic heterocycles. The lowest BCUT2D eigenvalue weighted by Crippen LogP contribution is -2.42. The van der Waals surface area contributed by atoms with Gasteiger partial charge in [-0.2, -0.15) is 0 Å². The van der Waals surface area contributed by atoms with Crippen molar-refractivity contribution in [1.29, 1.82) is 0 Å². The fourth-order valence-electron chi connectivity index (χ4n) is 2.32. The third kappa shape index (κ3) is 3.33. The summed E-state index contributed by atoms with van der Waals surface area (Å²) in [5.41, 5.74) is 2.10. The number of hydrogen-bond acceptors (Lipinski definition) is 5. The highest BCUT2D eigenvalue weighted by atomic mass is 16.2. The standard InChI is InChI=1S/C16H18N6O/c1-11(2)14(19-16(23)13-9-17-7-8-18-13)10-22-15-6-4-3-5-12(15)20-21-22/h3-9,11,14H,10H2,1-2H3,(H,19,23)/t14-/m0/s1. The van der Waals surface area contributed by atoms with Crippen LogP contribution in [-0.4, -0.2) is 36.9 Å². The summed E-state index contributed by atoms with van der Waals surface area (Å²) in [6, 6.07) is 7.68. The van der Waals surface area contributed by atoms with Gasteiger partial charge in [0.1, 0.15) is 11.2 Å². The van der Waals surface area contributed by atoms with E-state index in [1.165, 1.54) is 18.6 Å². The Kier molecular flexibility index (Phi) is 4.27. The van der Waals surface area contributed by atoms with Crippen LogP contribution in [0.25, 0.3) is 11.0 Å². The number of nitrogens with one attached hydrogen (secondary N) is 1. The van der Waals surface area contributed by atoms with Crippen LogP contribution < -0.4 is 5.32 Å². The van der Waals surface area contributed by atoms with Crippen LogP contribution in [0.5, 0.6) is 0 Å². The number of para-hydroxylation sites is 1. The first kappa shape index (κ1) is 15.1. The lowest BCUT2D eigenvalue weighted by Gasteiger charge is -2.22. The van der Waals surface area contributed by atoms with Crippen LogP contribution in [0.3, 0.4) is 0 Å². The number of carbonyl (C=O) groups is 1. The molecule has 0 bridgehead atoms. The van der Waals surface area contributed by atoms with Gasteiger partial charge in [0.2, 0.25) is 0 Å². The van der Waals surface area contributed by atoms with E-state index in [2.05, 4.69) is 39.4 Å². The predicted octanol–water partition coefficient (Wildman–Crippen LogP) is 1.68. The third-order valence-corrected chi connectivity index (χ3v) is 3.71. The lowest BCUT2D eigenvalue weighted by atomic mass is 10.0. The molecule has 1 N–H and O–H groups in total. The van der Waals surface area contributed by atoms with Crippen molar-refractivity contribution < 1.29 is 4.79 Å². The molecule has 3 rings (SSSR count). The van der Waals surface area contributed by atoms with Gasteiger partial charge in [-0.1, -0.05) is 31.2 Å². The molecule has 0 unspecified atom stereocenters. The molecular formula is C16H18N6O. The van der Waals surface area contributed by atoms with Crippen molar-refractivity contribution >= 4 is 16.9 Å². The number of carbonyl (C=O) groups excluding carboxylic acids is 1. The largest absolute Gasteiger partial charge is 0.346 e. The molecule has 7 nitrogen and oxygen atoms in total. The van der Waals surface area contributed by atoms with Crippen LogP contribution >= 0.6 is 0 Å². The third-order valence-electron chi connectivity index (χ3n) is 3.71. The van der Waals surface area contributed by atoms with E-state index < -0.39 is 0 Å². The van der Waals surface area contributed by atoms with E-state index in [0.29, 0.717) is 12.2 Å². The summed E-state index contributed by atoms with van der Waals surface area (Å²) in [5.74, 6) is -0.000181. The topological polar surface area (TPSA) is 85.6 Å². The Hall–Kier alpha value is -2.83. The zero-order valence-electron chi connectivity index (χ0n) is 13.0. The summed E-state index contributed by atoms with van der Waals surface area (Å²) < 4.78 is 1.82. The zero-order chi connectivity index (χ0) is 16.2. The second kappa shape index (κ2) is 6.51. The quantitative estimate of drug-likeness (QED) is 0.775. The molecule has 0 fully saturated rings. The van der Waals surface area contributed by atoms with Gasteiger partial charge in [-0.05, 0) is 18.1 Å². The number of amides is 1. The van der Waals surface area contributed by atoms with Crippen LogP contribution in [0.15, 0.2) is 42.9 Å². The molecule has 23 heavy (non-hydrogen) atoms. The van der Waals surface area contributed by atoms with E-state index in [1.54, 1.807) is 0 Å². The maximum Gasteiger partial charge on any atom is 0.271 e. The minimum Gasteiger partial charge on any atom is -0.346 e. The van der Waals surface area contributed by atoms with Gasteiger partial charge in [0.05, 0.1) is 24.3 Å². The number of hydrogen-bond donors (Lipinski definition) is 1. The van der Waals surface area contributed by atoms with Gasteiger partial charge in [-0.3, -0.25) is 9.78 Å². The van der Waals surface area contributed by atoms with E-state index in [1.807, 2.05) is 28.9 Å². The normalized spacial score (nSPS) is 12.5.